The lowest BCUT2D eigenvalue weighted by atomic mass is 10.2. The Hall–Kier alpha value is -2.74. The standard InChI is InChI=1S/C15H18N6OS/c1-3-7-17-14(16)21-15-20-13(9-23-15)12-6-4-5-11(19-12)8-18-10(2)22/h3-6,9H,1,7-8H2,2H3,(H,18,22)(H3,16,17,20,21). The molecule has 2 aromatic rings. The van der Waals surface area contributed by atoms with Crippen molar-refractivity contribution < 1.29 is 4.79 Å². The molecule has 120 valence electrons. The summed E-state index contributed by atoms with van der Waals surface area (Å²) in [4.78, 5) is 24.0. The summed E-state index contributed by atoms with van der Waals surface area (Å²) in [6.07, 6.45) is 1.69. The van der Waals surface area contributed by atoms with Crippen molar-refractivity contribution in [3.8, 4) is 11.4 Å². The first kappa shape index (κ1) is 16.6. The molecule has 0 bridgehead atoms. The SMILES string of the molecule is C=CCN/C(N)=N/c1nc(-c2cccc(CNC(C)=O)n2)cs1. The minimum absolute atomic E-state index is 0.0926. The zero-order valence-corrected chi connectivity index (χ0v) is 13.6. The molecule has 2 aromatic heterocycles. The number of pyridine rings is 1. The van der Waals surface area contributed by atoms with E-state index in [9.17, 15) is 4.79 Å². The quantitative estimate of drug-likeness (QED) is 0.423. The van der Waals surface area contributed by atoms with Crippen LogP contribution in [0, 0.1) is 0 Å². The maximum Gasteiger partial charge on any atom is 0.217 e. The lowest BCUT2D eigenvalue weighted by Gasteiger charge is -2.03. The first-order chi connectivity index (χ1) is 11.1. The van der Waals surface area contributed by atoms with Crippen molar-refractivity contribution in [2.45, 2.75) is 13.5 Å². The predicted octanol–water partition coefficient (Wildman–Crippen LogP) is 1.56. The average molecular weight is 330 g/mol. The Morgan fingerprint density at radius 2 is 2.22 bits per heavy atom. The van der Waals surface area contributed by atoms with E-state index in [-0.39, 0.29) is 11.9 Å². The van der Waals surface area contributed by atoms with Crippen LogP contribution in [0.15, 0.2) is 41.2 Å². The zero-order chi connectivity index (χ0) is 16.7. The number of guanidine groups is 1. The van der Waals surface area contributed by atoms with Crippen LogP contribution in [0.25, 0.3) is 11.4 Å². The van der Waals surface area contributed by atoms with Crippen LogP contribution in [-0.4, -0.2) is 28.4 Å². The van der Waals surface area contributed by atoms with E-state index in [1.807, 2.05) is 23.6 Å². The van der Waals surface area contributed by atoms with Gasteiger partial charge in [-0.15, -0.1) is 17.9 Å². The van der Waals surface area contributed by atoms with Crippen LogP contribution in [0.1, 0.15) is 12.6 Å². The molecule has 0 atom stereocenters. The Kier molecular flexibility index (Phi) is 5.81. The molecular weight excluding hydrogens is 312 g/mol. The fourth-order valence-corrected chi connectivity index (χ4v) is 2.38. The Bertz CT molecular complexity index is 724. The maximum absolute atomic E-state index is 11.0. The molecule has 2 rings (SSSR count). The third-order valence-corrected chi connectivity index (χ3v) is 3.46. The van der Waals surface area contributed by atoms with Crippen molar-refractivity contribution in [1.29, 1.82) is 0 Å². The maximum atomic E-state index is 11.0. The van der Waals surface area contributed by atoms with Gasteiger partial charge in [-0.2, -0.15) is 4.99 Å². The number of nitrogens with two attached hydrogens (primary N) is 1. The monoisotopic (exact) mass is 330 g/mol. The molecule has 0 aliphatic heterocycles. The van der Waals surface area contributed by atoms with Crippen LogP contribution in [0.5, 0.6) is 0 Å². The van der Waals surface area contributed by atoms with Gasteiger partial charge in [0, 0.05) is 18.8 Å². The molecule has 0 aromatic carbocycles. The Morgan fingerprint density at radius 3 is 2.96 bits per heavy atom. The Labute approximate surface area is 138 Å². The van der Waals surface area contributed by atoms with Gasteiger partial charge in [-0.25, -0.2) is 9.97 Å². The van der Waals surface area contributed by atoms with E-state index in [0.717, 1.165) is 17.1 Å². The Balaban J connectivity index is 2.12. The van der Waals surface area contributed by atoms with Crippen LogP contribution in [0.4, 0.5) is 5.13 Å². The van der Waals surface area contributed by atoms with Crippen LogP contribution in [0.3, 0.4) is 0 Å². The molecule has 0 saturated heterocycles. The topological polar surface area (TPSA) is 105 Å². The van der Waals surface area contributed by atoms with E-state index >= 15 is 0 Å². The second-order valence-electron chi connectivity index (χ2n) is 4.61. The smallest absolute Gasteiger partial charge is 0.217 e. The van der Waals surface area contributed by atoms with E-state index < -0.39 is 0 Å². The van der Waals surface area contributed by atoms with Crippen LogP contribution >= 0.6 is 11.3 Å². The molecule has 0 saturated carbocycles. The molecule has 8 heteroatoms. The van der Waals surface area contributed by atoms with E-state index in [1.165, 1.54) is 18.3 Å². The summed E-state index contributed by atoms with van der Waals surface area (Å²) in [5, 5.41) is 8.01. The summed E-state index contributed by atoms with van der Waals surface area (Å²) in [7, 11) is 0. The first-order valence-electron chi connectivity index (χ1n) is 6.93. The largest absolute Gasteiger partial charge is 0.370 e. The van der Waals surface area contributed by atoms with Gasteiger partial charge < -0.3 is 16.4 Å². The molecular formula is C15H18N6OS. The normalized spacial score (nSPS) is 11.1. The summed E-state index contributed by atoms with van der Waals surface area (Å²) >= 11 is 1.38. The van der Waals surface area contributed by atoms with E-state index in [2.05, 4.69) is 32.2 Å². The third kappa shape index (κ3) is 5.19. The number of hydrogen-bond donors (Lipinski definition) is 3. The van der Waals surface area contributed by atoms with Gasteiger partial charge in [0.15, 0.2) is 5.96 Å². The molecule has 23 heavy (non-hydrogen) atoms. The van der Waals surface area contributed by atoms with Gasteiger partial charge >= 0.3 is 0 Å². The Morgan fingerprint density at radius 1 is 1.39 bits per heavy atom. The van der Waals surface area contributed by atoms with Crippen LogP contribution in [-0.2, 0) is 11.3 Å². The van der Waals surface area contributed by atoms with Gasteiger partial charge in [-0.05, 0) is 12.1 Å². The number of amides is 1. The lowest BCUT2D eigenvalue weighted by Crippen LogP contribution is -2.31. The molecule has 0 unspecified atom stereocenters. The van der Waals surface area contributed by atoms with Crippen molar-refractivity contribution in [1.82, 2.24) is 20.6 Å². The molecule has 4 N–H and O–H groups in total. The number of nitrogens with one attached hydrogen (secondary N) is 2. The highest BCUT2D eigenvalue weighted by Crippen LogP contribution is 2.25. The fraction of sp³-hybridized carbons (Fsp3) is 0.200. The zero-order valence-electron chi connectivity index (χ0n) is 12.7. The summed E-state index contributed by atoms with van der Waals surface area (Å²) in [5.74, 6) is 0.197. The van der Waals surface area contributed by atoms with E-state index in [0.29, 0.717) is 18.2 Å². The van der Waals surface area contributed by atoms with Crippen molar-refractivity contribution in [2.24, 2.45) is 10.7 Å². The second kappa shape index (κ2) is 8.04. The molecule has 1 amide bonds. The predicted molar refractivity (Wildman–Crippen MR) is 92.3 cm³/mol. The summed E-state index contributed by atoms with van der Waals surface area (Å²) < 4.78 is 0. The molecule has 2 heterocycles. The number of nitrogens with zero attached hydrogens (tertiary/aromatic N) is 3. The highest BCUT2D eigenvalue weighted by atomic mass is 32.1. The minimum atomic E-state index is -0.0926. The average Bonchev–Trinajstić information content (AvgIpc) is 2.99. The van der Waals surface area contributed by atoms with Crippen molar-refractivity contribution in [3.05, 3.63) is 41.9 Å². The van der Waals surface area contributed by atoms with Gasteiger partial charge in [0.25, 0.3) is 0 Å². The first-order valence-corrected chi connectivity index (χ1v) is 7.81. The molecule has 7 nitrogen and oxygen atoms in total. The van der Waals surface area contributed by atoms with E-state index in [4.69, 9.17) is 5.73 Å². The number of carbonyl (C=O) groups is 1. The lowest BCUT2D eigenvalue weighted by molar-refractivity contribution is -0.119. The minimum Gasteiger partial charge on any atom is -0.370 e. The fourth-order valence-electron chi connectivity index (χ4n) is 1.69. The van der Waals surface area contributed by atoms with Crippen LogP contribution in [0.2, 0.25) is 0 Å². The molecule has 0 spiro atoms. The number of hydrogen-bond acceptors (Lipinski definition) is 5. The summed E-state index contributed by atoms with van der Waals surface area (Å²) in [6.45, 7) is 6.00. The van der Waals surface area contributed by atoms with Crippen molar-refractivity contribution in [2.75, 3.05) is 6.54 Å². The summed E-state index contributed by atoms with van der Waals surface area (Å²) in [6, 6.07) is 5.59. The third-order valence-electron chi connectivity index (χ3n) is 2.72. The number of carbonyl (C=O) groups excluding carboxylic acids is 1. The van der Waals surface area contributed by atoms with Gasteiger partial charge in [-0.1, -0.05) is 12.1 Å². The number of rotatable bonds is 6. The van der Waals surface area contributed by atoms with Crippen molar-refractivity contribution in [3.63, 3.8) is 0 Å². The summed E-state index contributed by atoms with van der Waals surface area (Å²) in [5.41, 5.74) is 7.94. The van der Waals surface area contributed by atoms with Crippen molar-refractivity contribution >= 4 is 28.3 Å². The van der Waals surface area contributed by atoms with Gasteiger partial charge in [0.2, 0.25) is 11.0 Å². The number of aromatic nitrogens is 2. The molecule has 0 radical (unpaired) electrons. The van der Waals surface area contributed by atoms with Gasteiger partial charge in [0.05, 0.1) is 17.9 Å². The number of thiazole rings is 1. The molecule has 0 aliphatic carbocycles. The molecule has 0 aliphatic rings. The molecule has 0 fully saturated rings. The van der Waals surface area contributed by atoms with Gasteiger partial charge in [0.1, 0.15) is 5.69 Å². The van der Waals surface area contributed by atoms with E-state index in [1.54, 1.807) is 6.08 Å². The van der Waals surface area contributed by atoms with Gasteiger partial charge in [-0.3, -0.25) is 4.79 Å². The van der Waals surface area contributed by atoms with Crippen LogP contribution < -0.4 is 16.4 Å². The number of aliphatic imine (C=N–C) groups is 1. The highest BCUT2D eigenvalue weighted by Gasteiger charge is 2.07. The second-order valence-corrected chi connectivity index (χ2v) is 5.44. The highest BCUT2D eigenvalue weighted by molar-refractivity contribution is 7.13.